The first kappa shape index (κ1) is 15.5. The number of piperidine rings is 1. The number of hydrogen-bond donors (Lipinski definition) is 2. The third-order valence-electron chi connectivity index (χ3n) is 5.18. The normalized spacial score (nSPS) is 25.8. The summed E-state index contributed by atoms with van der Waals surface area (Å²) in [4.78, 5) is 13.3. The molecule has 2 aliphatic rings. The molecule has 3 rings (SSSR count). The highest BCUT2D eigenvalue weighted by molar-refractivity contribution is 5.73. The van der Waals surface area contributed by atoms with E-state index >= 15 is 0 Å². The van der Waals surface area contributed by atoms with Crippen molar-refractivity contribution in [2.24, 2.45) is 0 Å². The topological polar surface area (TPSA) is 52.6 Å². The Hall–Kier alpha value is -1.39. The van der Waals surface area contributed by atoms with Crippen LogP contribution in [0.3, 0.4) is 0 Å². The lowest BCUT2D eigenvalue weighted by Gasteiger charge is -2.38. The van der Waals surface area contributed by atoms with Crippen LogP contribution in [0.25, 0.3) is 0 Å². The summed E-state index contributed by atoms with van der Waals surface area (Å²) in [7, 11) is 0. The molecular weight excluding hydrogens is 276 g/mol. The number of nitrogens with one attached hydrogen (secondary N) is 1. The van der Waals surface area contributed by atoms with E-state index in [9.17, 15) is 9.90 Å². The molecule has 22 heavy (non-hydrogen) atoms. The first-order valence-electron chi connectivity index (χ1n) is 8.38. The Morgan fingerprint density at radius 2 is 2.09 bits per heavy atom. The van der Waals surface area contributed by atoms with Crippen molar-refractivity contribution in [3.8, 4) is 0 Å². The Morgan fingerprint density at radius 3 is 2.82 bits per heavy atom. The summed E-state index contributed by atoms with van der Waals surface area (Å²) in [5.74, 6) is 0.165. The molecular formula is C18H26N2O2. The molecule has 0 saturated carbocycles. The highest BCUT2D eigenvalue weighted by Gasteiger charge is 2.34. The van der Waals surface area contributed by atoms with Gasteiger partial charge in [0.15, 0.2) is 0 Å². The van der Waals surface area contributed by atoms with Crippen molar-refractivity contribution in [1.29, 1.82) is 0 Å². The minimum Gasteiger partial charge on any atom is -0.384 e. The summed E-state index contributed by atoms with van der Waals surface area (Å²) in [6.45, 7) is 3.88. The van der Waals surface area contributed by atoms with Crippen LogP contribution in [0.15, 0.2) is 24.3 Å². The molecule has 1 fully saturated rings. The summed E-state index contributed by atoms with van der Waals surface area (Å²) in [5, 5.41) is 14.6. The van der Waals surface area contributed by atoms with Gasteiger partial charge in [-0.1, -0.05) is 24.3 Å². The van der Waals surface area contributed by atoms with Gasteiger partial charge in [0, 0.05) is 32.6 Å². The number of likely N-dealkylation sites (tertiary alicyclic amines) is 1. The van der Waals surface area contributed by atoms with Crippen LogP contribution < -0.4 is 5.32 Å². The molecule has 0 aromatic heterocycles. The Bertz CT molecular complexity index is 538. The largest absolute Gasteiger partial charge is 0.384 e. The smallest absolute Gasteiger partial charge is 0.219 e. The average Bonchev–Trinajstić information content (AvgIpc) is 2.54. The summed E-state index contributed by atoms with van der Waals surface area (Å²) in [6.07, 6.45) is 4.87. The fourth-order valence-electron chi connectivity index (χ4n) is 3.79. The highest BCUT2D eigenvalue weighted by atomic mass is 16.3. The van der Waals surface area contributed by atoms with Crippen LogP contribution in [0, 0.1) is 0 Å². The van der Waals surface area contributed by atoms with Gasteiger partial charge in [0.2, 0.25) is 5.91 Å². The molecule has 1 aromatic rings. The van der Waals surface area contributed by atoms with Gasteiger partial charge >= 0.3 is 0 Å². The zero-order valence-electron chi connectivity index (χ0n) is 13.3. The van der Waals surface area contributed by atoms with Gasteiger partial charge in [-0.15, -0.1) is 0 Å². The van der Waals surface area contributed by atoms with Crippen LogP contribution in [-0.4, -0.2) is 41.6 Å². The second kappa shape index (κ2) is 6.39. The Kier molecular flexibility index (Phi) is 4.50. The van der Waals surface area contributed by atoms with Gasteiger partial charge < -0.3 is 15.3 Å². The number of amides is 1. The van der Waals surface area contributed by atoms with E-state index in [1.807, 2.05) is 11.0 Å². The molecule has 0 spiro atoms. The van der Waals surface area contributed by atoms with Gasteiger partial charge in [-0.05, 0) is 43.2 Å². The van der Waals surface area contributed by atoms with E-state index in [4.69, 9.17) is 0 Å². The number of rotatable bonds is 3. The molecule has 1 aromatic carbocycles. The van der Waals surface area contributed by atoms with Gasteiger partial charge in [0.05, 0.1) is 0 Å². The molecule has 0 radical (unpaired) electrons. The molecule has 1 aliphatic heterocycles. The van der Waals surface area contributed by atoms with Crippen molar-refractivity contribution in [1.82, 2.24) is 10.2 Å². The second-order valence-electron chi connectivity index (χ2n) is 6.70. The van der Waals surface area contributed by atoms with E-state index in [2.05, 4.69) is 23.5 Å². The number of nitrogens with zero attached hydrogens (tertiary/aromatic N) is 1. The van der Waals surface area contributed by atoms with Gasteiger partial charge in [-0.25, -0.2) is 0 Å². The number of carbonyl (C=O) groups excluding carboxylic acids is 1. The molecule has 2 N–H and O–H groups in total. The fraction of sp³-hybridized carbons (Fsp3) is 0.611. The van der Waals surface area contributed by atoms with Crippen LogP contribution in [0.2, 0.25) is 0 Å². The zero-order chi connectivity index (χ0) is 15.6. The van der Waals surface area contributed by atoms with Crippen LogP contribution >= 0.6 is 0 Å². The molecule has 1 saturated heterocycles. The lowest BCUT2D eigenvalue weighted by molar-refractivity contribution is -0.130. The number of fused-ring (bicyclic) bond motifs is 1. The maximum Gasteiger partial charge on any atom is 0.219 e. The Balaban J connectivity index is 1.59. The van der Waals surface area contributed by atoms with Gasteiger partial charge in [0.1, 0.15) is 5.60 Å². The number of carbonyl (C=O) groups is 1. The maximum absolute atomic E-state index is 11.4. The minimum atomic E-state index is -0.743. The number of aryl methyl sites for hydroxylation is 1. The minimum absolute atomic E-state index is 0.165. The van der Waals surface area contributed by atoms with E-state index in [1.165, 1.54) is 5.56 Å². The van der Waals surface area contributed by atoms with Crippen molar-refractivity contribution < 1.29 is 9.90 Å². The van der Waals surface area contributed by atoms with Gasteiger partial charge in [-0.2, -0.15) is 0 Å². The lowest BCUT2D eigenvalue weighted by Crippen LogP contribution is -2.49. The summed E-state index contributed by atoms with van der Waals surface area (Å²) >= 11 is 0. The SMILES string of the molecule is CC(=O)N1CCC(NCC2(O)CCCc3ccccc32)CC1. The molecule has 0 bridgehead atoms. The molecule has 1 atom stereocenters. The predicted molar refractivity (Wildman–Crippen MR) is 86.6 cm³/mol. The molecule has 1 heterocycles. The summed E-state index contributed by atoms with van der Waals surface area (Å²) in [5.41, 5.74) is 1.63. The number of hydrogen-bond acceptors (Lipinski definition) is 3. The third-order valence-corrected chi connectivity index (χ3v) is 5.18. The molecule has 4 nitrogen and oxygen atoms in total. The van der Waals surface area contributed by atoms with E-state index < -0.39 is 5.60 Å². The Labute approximate surface area is 132 Å². The number of aliphatic hydroxyl groups is 1. The quantitative estimate of drug-likeness (QED) is 0.895. The lowest BCUT2D eigenvalue weighted by atomic mass is 9.79. The van der Waals surface area contributed by atoms with Crippen LogP contribution in [-0.2, 0) is 16.8 Å². The van der Waals surface area contributed by atoms with E-state index in [-0.39, 0.29) is 5.91 Å². The predicted octanol–water partition coefficient (Wildman–Crippen LogP) is 1.81. The van der Waals surface area contributed by atoms with E-state index in [1.54, 1.807) is 6.92 Å². The summed E-state index contributed by atoms with van der Waals surface area (Å²) < 4.78 is 0. The molecule has 1 unspecified atom stereocenters. The van der Waals surface area contributed by atoms with Crippen molar-refractivity contribution in [3.05, 3.63) is 35.4 Å². The van der Waals surface area contributed by atoms with Gasteiger partial charge in [0.25, 0.3) is 0 Å². The van der Waals surface area contributed by atoms with Crippen molar-refractivity contribution in [3.63, 3.8) is 0 Å². The maximum atomic E-state index is 11.4. The first-order chi connectivity index (χ1) is 10.6. The van der Waals surface area contributed by atoms with E-state index in [0.29, 0.717) is 12.6 Å². The standard InChI is InChI=1S/C18H26N2O2/c1-14(21)20-11-8-16(9-12-20)19-13-18(22)10-4-6-15-5-2-3-7-17(15)18/h2-3,5,7,16,19,22H,4,6,8-13H2,1H3. The van der Waals surface area contributed by atoms with Crippen molar-refractivity contribution >= 4 is 5.91 Å². The number of benzene rings is 1. The summed E-state index contributed by atoms with van der Waals surface area (Å²) in [6, 6.07) is 8.66. The zero-order valence-corrected chi connectivity index (χ0v) is 13.3. The second-order valence-corrected chi connectivity index (χ2v) is 6.70. The first-order valence-corrected chi connectivity index (χ1v) is 8.38. The van der Waals surface area contributed by atoms with Crippen LogP contribution in [0.1, 0.15) is 43.7 Å². The molecule has 4 heteroatoms. The monoisotopic (exact) mass is 302 g/mol. The van der Waals surface area contributed by atoms with Crippen LogP contribution in [0.5, 0.6) is 0 Å². The van der Waals surface area contributed by atoms with Crippen molar-refractivity contribution in [2.45, 2.75) is 50.7 Å². The Morgan fingerprint density at radius 1 is 1.36 bits per heavy atom. The fourth-order valence-corrected chi connectivity index (χ4v) is 3.79. The molecule has 1 amide bonds. The highest BCUT2D eigenvalue weighted by Crippen LogP contribution is 2.34. The van der Waals surface area contributed by atoms with Gasteiger partial charge in [-0.3, -0.25) is 4.79 Å². The molecule has 1 aliphatic carbocycles. The third kappa shape index (κ3) is 3.18. The van der Waals surface area contributed by atoms with Crippen LogP contribution in [0.4, 0.5) is 0 Å². The molecule has 120 valence electrons. The average molecular weight is 302 g/mol. The van der Waals surface area contributed by atoms with Crippen molar-refractivity contribution in [2.75, 3.05) is 19.6 Å². The van der Waals surface area contributed by atoms with E-state index in [0.717, 1.165) is 50.8 Å².